The zero-order valence-corrected chi connectivity index (χ0v) is 16.6. The second kappa shape index (κ2) is 7.63. The lowest BCUT2D eigenvalue weighted by atomic mass is 9.80. The highest BCUT2D eigenvalue weighted by Crippen LogP contribution is 2.46. The number of aliphatic hydroxyl groups is 1. The second-order valence-electron chi connectivity index (χ2n) is 7.83. The Bertz CT molecular complexity index is 905. The van der Waals surface area contributed by atoms with Crippen LogP contribution in [0, 0.1) is 5.95 Å². The molecule has 4 rings (SSSR count). The molecule has 1 amide bonds. The standard InChI is InChI=1S/C22H25FN2O4/c1-28-18-8-5-14(10-19(18)29-2)11-20(26)25-15-6-7-16(25)13-22(27,12-15)17-4-3-9-24-21(17)23/h3-5,8-10,15-16,27H,6-7,11-13H2,1-2H3. The van der Waals surface area contributed by atoms with Gasteiger partial charge in [-0.15, -0.1) is 0 Å². The molecule has 2 fully saturated rings. The highest BCUT2D eigenvalue weighted by atomic mass is 19.1. The Hall–Kier alpha value is -2.67. The van der Waals surface area contributed by atoms with Crippen molar-refractivity contribution in [2.45, 2.75) is 49.8 Å². The maximum Gasteiger partial charge on any atom is 0.227 e. The van der Waals surface area contributed by atoms with Gasteiger partial charge in [-0.25, -0.2) is 4.98 Å². The van der Waals surface area contributed by atoms with Crippen LogP contribution in [-0.4, -0.2) is 47.2 Å². The molecule has 2 aliphatic rings. The summed E-state index contributed by atoms with van der Waals surface area (Å²) < 4.78 is 24.8. The van der Waals surface area contributed by atoms with Gasteiger partial charge in [0, 0.05) is 36.7 Å². The Morgan fingerprint density at radius 2 is 1.90 bits per heavy atom. The summed E-state index contributed by atoms with van der Waals surface area (Å²) in [5.74, 6) is 0.573. The number of nitrogens with zero attached hydrogens (tertiary/aromatic N) is 2. The number of amides is 1. The van der Waals surface area contributed by atoms with Crippen LogP contribution in [0.25, 0.3) is 0 Å². The summed E-state index contributed by atoms with van der Waals surface area (Å²) in [5.41, 5.74) is -0.223. The Kier molecular flexibility index (Phi) is 5.17. The first-order valence-electron chi connectivity index (χ1n) is 9.80. The number of rotatable bonds is 5. The number of methoxy groups -OCH3 is 2. The summed E-state index contributed by atoms with van der Waals surface area (Å²) in [6.07, 6.45) is 3.89. The zero-order valence-electron chi connectivity index (χ0n) is 16.6. The van der Waals surface area contributed by atoms with E-state index in [2.05, 4.69) is 4.98 Å². The third kappa shape index (κ3) is 3.55. The SMILES string of the molecule is COc1ccc(CC(=O)N2C3CCC2CC(O)(c2cccnc2F)C3)cc1OC. The molecule has 2 aromatic rings. The van der Waals surface area contributed by atoms with Gasteiger partial charge in [-0.2, -0.15) is 4.39 Å². The van der Waals surface area contributed by atoms with Crippen LogP contribution in [0.4, 0.5) is 4.39 Å². The maximum atomic E-state index is 14.2. The largest absolute Gasteiger partial charge is 0.493 e. The van der Waals surface area contributed by atoms with Gasteiger partial charge in [0.25, 0.3) is 0 Å². The van der Waals surface area contributed by atoms with E-state index in [1.165, 1.54) is 6.20 Å². The Labute approximate surface area is 169 Å². The molecule has 0 saturated carbocycles. The zero-order chi connectivity index (χ0) is 20.6. The molecule has 6 nitrogen and oxygen atoms in total. The molecule has 0 spiro atoms. The van der Waals surface area contributed by atoms with Crippen molar-refractivity contribution in [2.75, 3.05) is 14.2 Å². The number of fused-ring (bicyclic) bond motifs is 2. The number of pyridine rings is 1. The number of ether oxygens (including phenoxy) is 2. The summed E-state index contributed by atoms with van der Waals surface area (Å²) in [7, 11) is 3.13. The van der Waals surface area contributed by atoms with E-state index >= 15 is 0 Å². The van der Waals surface area contributed by atoms with Gasteiger partial charge in [-0.1, -0.05) is 12.1 Å². The number of benzene rings is 1. The summed E-state index contributed by atoms with van der Waals surface area (Å²) in [5, 5.41) is 11.2. The number of carbonyl (C=O) groups is 1. The van der Waals surface area contributed by atoms with Gasteiger partial charge in [0.2, 0.25) is 11.9 Å². The number of piperidine rings is 1. The molecule has 2 atom stereocenters. The first-order chi connectivity index (χ1) is 13.9. The number of aromatic nitrogens is 1. The molecule has 29 heavy (non-hydrogen) atoms. The Balaban J connectivity index is 1.51. The first-order valence-corrected chi connectivity index (χ1v) is 9.80. The normalized spacial score (nSPS) is 25.7. The lowest BCUT2D eigenvalue weighted by Crippen LogP contribution is -2.52. The molecular formula is C22H25FN2O4. The van der Waals surface area contributed by atoms with Crippen molar-refractivity contribution in [1.82, 2.24) is 9.88 Å². The fraction of sp³-hybridized carbons (Fsp3) is 0.455. The molecule has 3 heterocycles. The van der Waals surface area contributed by atoms with E-state index in [0.29, 0.717) is 24.3 Å². The average molecular weight is 400 g/mol. The van der Waals surface area contributed by atoms with Gasteiger partial charge < -0.3 is 19.5 Å². The van der Waals surface area contributed by atoms with E-state index < -0.39 is 11.5 Å². The first kappa shape index (κ1) is 19.6. The van der Waals surface area contributed by atoms with E-state index in [1.54, 1.807) is 32.4 Å². The minimum atomic E-state index is -1.29. The van der Waals surface area contributed by atoms with Crippen LogP contribution in [0.3, 0.4) is 0 Å². The van der Waals surface area contributed by atoms with Gasteiger partial charge in [0.05, 0.1) is 26.2 Å². The van der Waals surface area contributed by atoms with Crippen molar-refractivity contribution in [1.29, 1.82) is 0 Å². The number of halogens is 1. The summed E-state index contributed by atoms with van der Waals surface area (Å²) in [6, 6.07) is 8.46. The highest BCUT2D eigenvalue weighted by molar-refractivity contribution is 5.80. The molecule has 2 unspecified atom stereocenters. The topological polar surface area (TPSA) is 71.9 Å². The molecule has 154 valence electrons. The molecule has 1 N–H and O–H groups in total. The minimum absolute atomic E-state index is 0.0124. The van der Waals surface area contributed by atoms with Crippen molar-refractivity contribution in [3.63, 3.8) is 0 Å². The molecular weight excluding hydrogens is 375 g/mol. The number of carbonyl (C=O) groups excluding carboxylic acids is 1. The van der Waals surface area contributed by atoms with Crippen LogP contribution >= 0.6 is 0 Å². The van der Waals surface area contributed by atoms with Crippen LogP contribution in [0.1, 0.15) is 36.8 Å². The second-order valence-corrected chi connectivity index (χ2v) is 7.83. The van der Waals surface area contributed by atoms with Crippen LogP contribution < -0.4 is 9.47 Å². The quantitative estimate of drug-likeness (QED) is 0.782. The summed E-state index contributed by atoms with van der Waals surface area (Å²) in [4.78, 5) is 18.7. The average Bonchev–Trinajstić information content (AvgIpc) is 3.00. The fourth-order valence-corrected chi connectivity index (χ4v) is 4.84. The van der Waals surface area contributed by atoms with Crippen LogP contribution in [0.2, 0.25) is 0 Å². The van der Waals surface area contributed by atoms with E-state index in [0.717, 1.165) is 18.4 Å². The van der Waals surface area contributed by atoms with E-state index in [9.17, 15) is 14.3 Å². The Morgan fingerprint density at radius 1 is 1.21 bits per heavy atom. The predicted molar refractivity (Wildman–Crippen MR) is 104 cm³/mol. The van der Waals surface area contributed by atoms with E-state index in [4.69, 9.17) is 9.47 Å². The smallest absolute Gasteiger partial charge is 0.227 e. The highest BCUT2D eigenvalue weighted by Gasteiger charge is 2.50. The third-order valence-corrected chi connectivity index (χ3v) is 6.12. The molecule has 1 aromatic heterocycles. The van der Waals surface area contributed by atoms with E-state index in [1.807, 2.05) is 17.0 Å². The molecule has 7 heteroatoms. The number of hydrogen-bond donors (Lipinski definition) is 1. The Morgan fingerprint density at radius 3 is 2.52 bits per heavy atom. The van der Waals surface area contributed by atoms with E-state index in [-0.39, 0.29) is 30.0 Å². The van der Waals surface area contributed by atoms with Crippen molar-refractivity contribution in [3.8, 4) is 11.5 Å². The van der Waals surface area contributed by atoms with Gasteiger partial charge in [0.15, 0.2) is 11.5 Å². The molecule has 0 aliphatic carbocycles. The number of hydrogen-bond acceptors (Lipinski definition) is 5. The lowest BCUT2D eigenvalue weighted by molar-refractivity contribution is -0.141. The lowest BCUT2D eigenvalue weighted by Gasteiger charge is -2.44. The maximum absolute atomic E-state index is 14.2. The predicted octanol–water partition coefficient (Wildman–Crippen LogP) is 2.82. The fourth-order valence-electron chi connectivity index (χ4n) is 4.84. The molecule has 1 aromatic carbocycles. The molecule has 2 aliphatic heterocycles. The van der Waals surface area contributed by atoms with Crippen LogP contribution in [-0.2, 0) is 16.8 Å². The summed E-state index contributed by atoms with van der Waals surface area (Å²) in [6.45, 7) is 0. The monoisotopic (exact) mass is 400 g/mol. The van der Waals surface area contributed by atoms with Gasteiger partial charge in [-0.3, -0.25) is 4.79 Å². The van der Waals surface area contributed by atoms with Gasteiger partial charge in [-0.05, 0) is 36.6 Å². The summed E-state index contributed by atoms with van der Waals surface area (Å²) >= 11 is 0. The third-order valence-electron chi connectivity index (χ3n) is 6.12. The van der Waals surface area contributed by atoms with Crippen molar-refractivity contribution < 1.29 is 23.8 Å². The molecule has 2 bridgehead atoms. The van der Waals surface area contributed by atoms with Gasteiger partial charge >= 0.3 is 0 Å². The van der Waals surface area contributed by atoms with Crippen molar-refractivity contribution in [2.24, 2.45) is 0 Å². The van der Waals surface area contributed by atoms with Crippen molar-refractivity contribution in [3.05, 3.63) is 53.6 Å². The van der Waals surface area contributed by atoms with Crippen molar-refractivity contribution >= 4 is 5.91 Å². The molecule has 0 radical (unpaired) electrons. The van der Waals surface area contributed by atoms with Gasteiger partial charge in [0.1, 0.15) is 0 Å². The van der Waals surface area contributed by atoms with Crippen LogP contribution in [0.5, 0.6) is 11.5 Å². The molecule has 2 saturated heterocycles. The van der Waals surface area contributed by atoms with Crippen LogP contribution in [0.15, 0.2) is 36.5 Å². The minimum Gasteiger partial charge on any atom is -0.493 e.